The Bertz CT molecular complexity index is 379. The van der Waals surface area contributed by atoms with Crippen molar-refractivity contribution in [2.75, 3.05) is 10.7 Å². The molecule has 0 saturated carbocycles. The van der Waals surface area contributed by atoms with E-state index >= 15 is 0 Å². The fourth-order valence-corrected chi connectivity index (χ4v) is 1.08. The van der Waals surface area contributed by atoms with E-state index in [1.54, 1.807) is 0 Å². The molecule has 1 rings (SSSR count). The first-order valence-corrected chi connectivity index (χ1v) is 5.06. The summed E-state index contributed by atoms with van der Waals surface area (Å²) in [4.78, 5) is 6.64. The van der Waals surface area contributed by atoms with Gasteiger partial charge in [-0.1, -0.05) is 6.92 Å². The van der Waals surface area contributed by atoms with Crippen LogP contribution >= 0.6 is 0 Å². The van der Waals surface area contributed by atoms with Gasteiger partial charge in [0.05, 0.1) is 0 Å². The number of rotatable bonds is 4. The molecule has 1 unspecified atom stereocenters. The van der Waals surface area contributed by atoms with Crippen LogP contribution in [-0.4, -0.2) is 16.0 Å². The van der Waals surface area contributed by atoms with Gasteiger partial charge in [-0.05, 0) is 13.3 Å². The van der Waals surface area contributed by atoms with Gasteiger partial charge in [-0.3, -0.25) is 0 Å². The van der Waals surface area contributed by atoms with Gasteiger partial charge in [0.15, 0.2) is 0 Å². The number of halogens is 3. The zero-order chi connectivity index (χ0) is 13.1. The van der Waals surface area contributed by atoms with Crippen LogP contribution in [0.4, 0.5) is 24.8 Å². The molecule has 0 radical (unpaired) electrons. The first-order chi connectivity index (χ1) is 7.86. The van der Waals surface area contributed by atoms with Crippen LogP contribution < -0.4 is 16.6 Å². The van der Waals surface area contributed by atoms with Gasteiger partial charge in [0.1, 0.15) is 11.6 Å². The SMILES string of the molecule is CCC(C)Nc1cc(NN)nc(C(F)(F)F)n1. The van der Waals surface area contributed by atoms with Crippen molar-refractivity contribution in [1.29, 1.82) is 0 Å². The van der Waals surface area contributed by atoms with Gasteiger partial charge >= 0.3 is 6.18 Å². The molecule has 8 heteroatoms. The Labute approximate surface area is 96.6 Å². The van der Waals surface area contributed by atoms with Gasteiger partial charge in [-0.2, -0.15) is 13.2 Å². The molecule has 0 bridgehead atoms. The van der Waals surface area contributed by atoms with Crippen molar-refractivity contribution in [3.8, 4) is 0 Å². The third-order valence-corrected chi connectivity index (χ3v) is 2.13. The predicted molar refractivity (Wildman–Crippen MR) is 58.2 cm³/mol. The number of anilines is 2. The molecule has 0 aliphatic carbocycles. The number of hydrogen-bond acceptors (Lipinski definition) is 5. The molecule has 0 fully saturated rings. The molecule has 17 heavy (non-hydrogen) atoms. The van der Waals surface area contributed by atoms with Gasteiger partial charge in [0, 0.05) is 12.1 Å². The number of hydrogen-bond donors (Lipinski definition) is 3. The highest BCUT2D eigenvalue weighted by atomic mass is 19.4. The van der Waals surface area contributed by atoms with Crippen molar-refractivity contribution in [1.82, 2.24) is 9.97 Å². The Morgan fingerprint density at radius 1 is 1.35 bits per heavy atom. The van der Waals surface area contributed by atoms with Gasteiger partial charge in [0.25, 0.3) is 0 Å². The minimum atomic E-state index is -4.60. The Morgan fingerprint density at radius 3 is 2.41 bits per heavy atom. The highest BCUT2D eigenvalue weighted by molar-refractivity contribution is 5.47. The van der Waals surface area contributed by atoms with Gasteiger partial charge in [-0.15, -0.1) is 0 Å². The summed E-state index contributed by atoms with van der Waals surface area (Å²) in [6.45, 7) is 3.75. The molecular formula is C9H14F3N5. The number of nitrogens with zero attached hydrogens (tertiary/aromatic N) is 2. The van der Waals surface area contributed by atoms with Crippen molar-refractivity contribution >= 4 is 11.6 Å². The number of alkyl halides is 3. The van der Waals surface area contributed by atoms with E-state index in [0.717, 1.165) is 6.42 Å². The van der Waals surface area contributed by atoms with E-state index in [4.69, 9.17) is 5.84 Å². The average molecular weight is 249 g/mol. The molecule has 4 N–H and O–H groups in total. The largest absolute Gasteiger partial charge is 0.451 e. The predicted octanol–water partition coefficient (Wildman–Crippen LogP) is 1.99. The lowest BCUT2D eigenvalue weighted by Gasteiger charge is -2.14. The van der Waals surface area contributed by atoms with Gasteiger partial charge < -0.3 is 10.7 Å². The van der Waals surface area contributed by atoms with Crippen molar-refractivity contribution in [3.63, 3.8) is 0 Å². The minimum Gasteiger partial charge on any atom is -0.367 e. The van der Waals surface area contributed by atoms with Gasteiger partial charge in [0.2, 0.25) is 5.82 Å². The van der Waals surface area contributed by atoms with Crippen LogP contribution in [0.3, 0.4) is 0 Å². The fourth-order valence-electron chi connectivity index (χ4n) is 1.08. The molecular weight excluding hydrogens is 235 g/mol. The minimum absolute atomic E-state index is 0.0107. The lowest BCUT2D eigenvalue weighted by molar-refractivity contribution is -0.144. The lowest BCUT2D eigenvalue weighted by atomic mass is 10.2. The van der Waals surface area contributed by atoms with Crippen LogP contribution in [0.15, 0.2) is 6.07 Å². The lowest BCUT2D eigenvalue weighted by Crippen LogP contribution is -2.20. The number of nitrogens with two attached hydrogens (primary N) is 1. The van der Waals surface area contributed by atoms with Crippen LogP contribution in [0.2, 0.25) is 0 Å². The van der Waals surface area contributed by atoms with Crippen LogP contribution in [0.5, 0.6) is 0 Å². The second kappa shape index (κ2) is 5.17. The molecule has 5 nitrogen and oxygen atoms in total. The first-order valence-electron chi connectivity index (χ1n) is 5.06. The first kappa shape index (κ1) is 13.5. The summed E-state index contributed by atoms with van der Waals surface area (Å²) in [5, 5.41) is 2.83. The van der Waals surface area contributed by atoms with E-state index in [1.807, 2.05) is 13.8 Å². The summed E-state index contributed by atoms with van der Waals surface area (Å²) >= 11 is 0. The summed E-state index contributed by atoms with van der Waals surface area (Å²) in [6, 6.07) is 1.33. The number of aromatic nitrogens is 2. The van der Waals surface area contributed by atoms with E-state index in [1.165, 1.54) is 6.07 Å². The molecule has 0 aliphatic rings. The van der Waals surface area contributed by atoms with E-state index in [2.05, 4.69) is 20.7 Å². The maximum Gasteiger partial charge on any atom is 0.451 e. The molecule has 0 amide bonds. The topological polar surface area (TPSA) is 75.9 Å². The van der Waals surface area contributed by atoms with E-state index < -0.39 is 12.0 Å². The summed E-state index contributed by atoms with van der Waals surface area (Å²) in [5.74, 6) is 3.84. The maximum atomic E-state index is 12.5. The van der Waals surface area contributed by atoms with Crippen LogP contribution in [0.25, 0.3) is 0 Å². The second-order valence-corrected chi connectivity index (χ2v) is 3.56. The third-order valence-electron chi connectivity index (χ3n) is 2.13. The van der Waals surface area contributed by atoms with Crippen molar-refractivity contribution < 1.29 is 13.2 Å². The number of nitrogen functional groups attached to an aromatic ring is 1. The zero-order valence-corrected chi connectivity index (χ0v) is 9.47. The fraction of sp³-hybridized carbons (Fsp3) is 0.556. The number of nitrogens with one attached hydrogen (secondary N) is 2. The Hall–Kier alpha value is -1.57. The van der Waals surface area contributed by atoms with E-state index in [0.29, 0.717) is 0 Å². The normalized spacial score (nSPS) is 13.3. The second-order valence-electron chi connectivity index (χ2n) is 3.56. The molecule has 1 aromatic rings. The van der Waals surface area contributed by atoms with Crippen molar-refractivity contribution in [2.45, 2.75) is 32.5 Å². The molecule has 0 aromatic carbocycles. The monoisotopic (exact) mass is 249 g/mol. The van der Waals surface area contributed by atoms with Crippen LogP contribution in [0, 0.1) is 0 Å². The standard InChI is InChI=1S/C9H14F3N5/c1-3-5(2)14-6-4-7(17-13)16-8(15-6)9(10,11)12/h4-5H,3,13H2,1-2H3,(H2,14,15,16,17). The zero-order valence-electron chi connectivity index (χ0n) is 9.47. The highest BCUT2D eigenvalue weighted by Gasteiger charge is 2.35. The molecule has 96 valence electrons. The third kappa shape index (κ3) is 3.74. The summed E-state index contributed by atoms with van der Waals surface area (Å²) in [6.07, 6.45) is -3.84. The quantitative estimate of drug-likeness (QED) is 0.562. The molecule has 1 heterocycles. The molecule has 0 spiro atoms. The smallest absolute Gasteiger partial charge is 0.367 e. The van der Waals surface area contributed by atoms with Crippen molar-refractivity contribution in [2.24, 2.45) is 5.84 Å². The van der Waals surface area contributed by atoms with Crippen molar-refractivity contribution in [3.05, 3.63) is 11.9 Å². The molecule has 1 aromatic heterocycles. The average Bonchev–Trinajstić information content (AvgIpc) is 2.27. The van der Waals surface area contributed by atoms with Gasteiger partial charge in [-0.25, -0.2) is 15.8 Å². The summed E-state index contributed by atoms with van der Waals surface area (Å²) in [7, 11) is 0. The maximum absolute atomic E-state index is 12.5. The number of hydrazine groups is 1. The highest BCUT2D eigenvalue weighted by Crippen LogP contribution is 2.28. The van der Waals surface area contributed by atoms with Crippen LogP contribution in [-0.2, 0) is 6.18 Å². The Morgan fingerprint density at radius 2 is 1.94 bits per heavy atom. The van der Waals surface area contributed by atoms with E-state index in [-0.39, 0.29) is 17.7 Å². The summed E-state index contributed by atoms with van der Waals surface area (Å²) < 4.78 is 37.4. The van der Waals surface area contributed by atoms with Crippen LogP contribution in [0.1, 0.15) is 26.1 Å². The molecule has 0 saturated heterocycles. The summed E-state index contributed by atoms with van der Waals surface area (Å²) in [5.41, 5.74) is 2.08. The Balaban J connectivity index is 3.05. The molecule has 1 atom stereocenters. The molecule has 0 aliphatic heterocycles. The Kier molecular flexibility index (Phi) is 4.11. The van der Waals surface area contributed by atoms with E-state index in [9.17, 15) is 13.2 Å².